The van der Waals surface area contributed by atoms with Crippen LogP contribution in [0.4, 0.5) is 0 Å². The second-order valence-electron chi connectivity index (χ2n) is 10.0. The summed E-state index contributed by atoms with van der Waals surface area (Å²) in [7, 11) is 0. The lowest BCUT2D eigenvalue weighted by atomic mass is 10.1. The molecule has 2 rings (SSSR count). The van der Waals surface area contributed by atoms with Crippen LogP contribution in [0, 0.1) is 5.41 Å². The number of amidine groups is 1. The molecule has 0 aliphatic carbocycles. The van der Waals surface area contributed by atoms with E-state index in [1.807, 2.05) is 44.7 Å². The summed E-state index contributed by atoms with van der Waals surface area (Å²) in [5, 5.41) is 7.44. The van der Waals surface area contributed by atoms with Crippen molar-refractivity contribution in [3.63, 3.8) is 0 Å². The van der Waals surface area contributed by atoms with Crippen LogP contribution < -0.4 is 19.9 Å². The predicted molar refractivity (Wildman–Crippen MR) is 157 cm³/mol. The SMILES string of the molecule is CCOC(=O)CCCOc1cc(OCCCCCOc2ccc(C(=N)N)cc2)ccc1C(=O)N(C(C)C)C(C)C. The molecular weight excluding hydrogens is 510 g/mol. The van der Waals surface area contributed by atoms with Crippen LogP contribution in [0.5, 0.6) is 17.2 Å². The summed E-state index contributed by atoms with van der Waals surface area (Å²) in [6, 6.07) is 12.5. The Bertz CT molecular complexity index is 1080. The van der Waals surface area contributed by atoms with Crippen molar-refractivity contribution in [1.82, 2.24) is 4.90 Å². The first-order chi connectivity index (χ1) is 19.1. The second kappa shape index (κ2) is 17.0. The summed E-state index contributed by atoms with van der Waals surface area (Å²) >= 11 is 0. The van der Waals surface area contributed by atoms with E-state index in [9.17, 15) is 9.59 Å². The lowest BCUT2D eigenvalue weighted by molar-refractivity contribution is -0.143. The standard InChI is InChI=1S/C31H45N3O6/c1-6-37-29(35)11-10-20-40-28-21-26(16-17-27(28)31(36)34(22(2)3)23(4)5)39-19-9-7-8-18-38-25-14-12-24(13-15-25)30(32)33/h12-17,21-23H,6-11,18-20H2,1-5H3,(H3,32,33). The van der Waals surface area contributed by atoms with Crippen LogP contribution >= 0.6 is 0 Å². The third-order valence-corrected chi connectivity index (χ3v) is 6.11. The van der Waals surface area contributed by atoms with Crippen LogP contribution in [0.15, 0.2) is 42.5 Å². The molecule has 3 N–H and O–H groups in total. The van der Waals surface area contributed by atoms with Crippen molar-refractivity contribution in [2.45, 2.75) is 78.8 Å². The molecular formula is C31H45N3O6. The molecule has 0 bridgehead atoms. The molecule has 9 nitrogen and oxygen atoms in total. The molecule has 0 saturated heterocycles. The molecule has 0 aliphatic heterocycles. The Morgan fingerprint density at radius 3 is 1.98 bits per heavy atom. The number of esters is 1. The molecule has 0 heterocycles. The normalized spacial score (nSPS) is 10.9. The third kappa shape index (κ3) is 10.8. The number of nitrogens with two attached hydrogens (primary N) is 1. The Hall–Kier alpha value is -3.75. The maximum Gasteiger partial charge on any atom is 0.305 e. The molecule has 0 saturated carbocycles. The molecule has 0 spiro atoms. The van der Waals surface area contributed by atoms with Crippen LogP contribution in [0.3, 0.4) is 0 Å². The smallest absolute Gasteiger partial charge is 0.305 e. The van der Waals surface area contributed by atoms with E-state index in [-0.39, 0.29) is 42.8 Å². The Morgan fingerprint density at radius 2 is 1.40 bits per heavy atom. The van der Waals surface area contributed by atoms with Crippen LogP contribution in [-0.2, 0) is 9.53 Å². The summed E-state index contributed by atoms with van der Waals surface area (Å²) in [6.45, 7) is 11.5. The minimum Gasteiger partial charge on any atom is -0.494 e. The zero-order chi connectivity index (χ0) is 29.5. The highest BCUT2D eigenvalue weighted by atomic mass is 16.5. The number of nitrogens with one attached hydrogen (secondary N) is 1. The maximum absolute atomic E-state index is 13.4. The van der Waals surface area contributed by atoms with Crippen LogP contribution in [-0.4, -0.2) is 61.1 Å². The minimum absolute atomic E-state index is 0.0315. The number of carbonyl (C=O) groups excluding carboxylic acids is 2. The fraction of sp³-hybridized carbons (Fsp3) is 0.516. The first kappa shape index (κ1) is 32.5. The van der Waals surface area contributed by atoms with Gasteiger partial charge in [0.2, 0.25) is 0 Å². The van der Waals surface area contributed by atoms with E-state index in [0.29, 0.717) is 48.9 Å². The van der Waals surface area contributed by atoms with E-state index in [0.717, 1.165) is 25.0 Å². The number of amides is 1. The van der Waals surface area contributed by atoms with Gasteiger partial charge in [-0.15, -0.1) is 0 Å². The molecule has 0 fully saturated rings. The molecule has 0 aliphatic rings. The monoisotopic (exact) mass is 555 g/mol. The van der Waals surface area contributed by atoms with E-state index in [2.05, 4.69) is 0 Å². The van der Waals surface area contributed by atoms with Gasteiger partial charge in [-0.3, -0.25) is 15.0 Å². The number of benzene rings is 2. The van der Waals surface area contributed by atoms with Gasteiger partial charge in [-0.25, -0.2) is 0 Å². The van der Waals surface area contributed by atoms with Crippen molar-refractivity contribution in [2.24, 2.45) is 5.73 Å². The van der Waals surface area contributed by atoms with Crippen LogP contribution in [0.25, 0.3) is 0 Å². The Morgan fingerprint density at radius 1 is 0.825 bits per heavy atom. The first-order valence-corrected chi connectivity index (χ1v) is 14.1. The number of rotatable bonds is 18. The zero-order valence-electron chi connectivity index (χ0n) is 24.5. The van der Waals surface area contributed by atoms with Gasteiger partial charge in [0.05, 0.1) is 32.0 Å². The maximum atomic E-state index is 13.4. The number of nitrogens with zero attached hydrogens (tertiary/aromatic N) is 1. The zero-order valence-corrected chi connectivity index (χ0v) is 24.5. The average Bonchev–Trinajstić information content (AvgIpc) is 2.90. The largest absolute Gasteiger partial charge is 0.494 e. The van der Waals surface area contributed by atoms with Gasteiger partial charge < -0.3 is 29.6 Å². The summed E-state index contributed by atoms with van der Waals surface area (Å²) in [5.74, 6) is 1.49. The predicted octanol–water partition coefficient (Wildman–Crippen LogP) is 5.58. The fourth-order valence-corrected chi connectivity index (χ4v) is 4.22. The summed E-state index contributed by atoms with van der Waals surface area (Å²) in [6.07, 6.45) is 3.39. The number of hydrogen-bond donors (Lipinski definition) is 2. The Labute approximate surface area is 238 Å². The van der Waals surface area contributed by atoms with Crippen LogP contribution in [0.1, 0.15) is 82.6 Å². The number of hydrogen-bond acceptors (Lipinski definition) is 7. The van der Waals surface area contributed by atoms with Crippen molar-refractivity contribution in [3.05, 3.63) is 53.6 Å². The van der Waals surface area contributed by atoms with E-state index in [1.165, 1.54) is 0 Å². The van der Waals surface area contributed by atoms with Gasteiger partial charge in [-0.1, -0.05) is 0 Å². The minimum atomic E-state index is -0.262. The average molecular weight is 556 g/mol. The molecule has 0 radical (unpaired) electrons. The van der Waals surface area contributed by atoms with Crippen molar-refractivity contribution < 1.29 is 28.5 Å². The molecule has 2 aromatic carbocycles. The number of carbonyl (C=O) groups is 2. The molecule has 1 amide bonds. The molecule has 2 aromatic rings. The van der Waals surface area contributed by atoms with Gasteiger partial charge in [0, 0.05) is 30.1 Å². The highest BCUT2D eigenvalue weighted by Gasteiger charge is 2.25. The molecule has 0 unspecified atom stereocenters. The number of ether oxygens (including phenoxy) is 4. The lowest BCUT2D eigenvalue weighted by Crippen LogP contribution is -2.42. The van der Waals surface area contributed by atoms with E-state index >= 15 is 0 Å². The molecule has 40 heavy (non-hydrogen) atoms. The van der Waals surface area contributed by atoms with Crippen molar-refractivity contribution in [1.29, 1.82) is 5.41 Å². The van der Waals surface area contributed by atoms with Gasteiger partial charge in [-0.2, -0.15) is 0 Å². The summed E-state index contributed by atoms with van der Waals surface area (Å²) < 4.78 is 22.7. The van der Waals surface area contributed by atoms with Crippen molar-refractivity contribution in [3.8, 4) is 17.2 Å². The van der Waals surface area contributed by atoms with Crippen molar-refractivity contribution in [2.75, 3.05) is 26.4 Å². The van der Waals surface area contributed by atoms with E-state index in [4.69, 9.17) is 30.1 Å². The Kier molecular flexibility index (Phi) is 13.8. The summed E-state index contributed by atoms with van der Waals surface area (Å²) in [5.41, 5.74) is 6.62. The van der Waals surface area contributed by atoms with Gasteiger partial charge in [-0.05, 0) is 96.7 Å². The molecule has 0 aromatic heterocycles. The van der Waals surface area contributed by atoms with E-state index in [1.54, 1.807) is 37.3 Å². The van der Waals surface area contributed by atoms with Crippen molar-refractivity contribution >= 4 is 17.7 Å². The topological polar surface area (TPSA) is 124 Å². The second-order valence-corrected chi connectivity index (χ2v) is 10.0. The molecule has 9 heteroatoms. The van der Waals surface area contributed by atoms with Gasteiger partial charge in [0.1, 0.15) is 23.1 Å². The number of nitrogen functional groups attached to an aromatic ring is 1. The van der Waals surface area contributed by atoms with Crippen LogP contribution in [0.2, 0.25) is 0 Å². The Balaban J connectivity index is 1.91. The molecule has 220 valence electrons. The lowest BCUT2D eigenvalue weighted by Gasteiger charge is -2.31. The van der Waals surface area contributed by atoms with E-state index < -0.39 is 0 Å². The molecule has 0 atom stereocenters. The number of unbranched alkanes of at least 4 members (excludes halogenated alkanes) is 2. The summed E-state index contributed by atoms with van der Waals surface area (Å²) in [4.78, 5) is 26.9. The quantitative estimate of drug-likeness (QED) is 0.106. The van der Waals surface area contributed by atoms with Gasteiger partial charge in [0.25, 0.3) is 5.91 Å². The van der Waals surface area contributed by atoms with Gasteiger partial charge in [0.15, 0.2) is 0 Å². The first-order valence-electron chi connectivity index (χ1n) is 14.1. The fourth-order valence-electron chi connectivity index (χ4n) is 4.22. The third-order valence-electron chi connectivity index (χ3n) is 6.11. The highest BCUT2D eigenvalue weighted by molar-refractivity contribution is 5.97. The van der Waals surface area contributed by atoms with Gasteiger partial charge >= 0.3 is 5.97 Å². The highest BCUT2D eigenvalue weighted by Crippen LogP contribution is 2.28.